The SMILES string of the molecule is CCc1ccc(Cl)c(CC)c1NC(=O)c1ccc(S(C)(=O)=O)cc1. The number of anilines is 1. The lowest BCUT2D eigenvalue weighted by atomic mass is 10.0. The maximum absolute atomic E-state index is 12.5. The van der Waals surface area contributed by atoms with Crippen LogP contribution in [-0.2, 0) is 22.7 Å². The molecule has 1 amide bonds. The second-order valence-electron chi connectivity index (χ2n) is 5.52. The van der Waals surface area contributed by atoms with Crippen molar-refractivity contribution < 1.29 is 13.2 Å². The largest absolute Gasteiger partial charge is 0.321 e. The first-order valence-electron chi connectivity index (χ1n) is 7.69. The second kappa shape index (κ2) is 7.36. The molecule has 24 heavy (non-hydrogen) atoms. The van der Waals surface area contributed by atoms with Gasteiger partial charge in [-0.15, -0.1) is 0 Å². The summed E-state index contributed by atoms with van der Waals surface area (Å²) in [5.41, 5.74) is 3.05. The summed E-state index contributed by atoms with van der Waals surface area (Å²) in [6.45, 7) is 4.00. The average molecular weight is 366 g/mol. The van der Waals surface area contributed by atoms with Crippen molar-refractivity contribution in [1.82, 2.24) is 0 Å². The third-order valence-corrected chi connectivity index (χ3v) is 5.34. The van der Waals surface area contributed by atoms with Gasteiger partial charge in [0.25, 0.3) is 5.91 Å². The minimum Gasteiger partial charge on any atom is -0.321 e. The van der Waals surface area contributed by atoms with Crippen LogP contribution in [0.2, 0.25) is 5.02 Å². The predicted octanol–water partition coefficient (Wildman–Crippen LogP) is 4.12. The molecule has 0 radical (unpaired) electrons. The first-order chi connectivity index (χ1) is 11.3. The summed E-state index contributed by atoms with van der Waals surface area (Å²) in [5, 5.41) is 3.55. The van der Waals surface area contributed by atoms with Crippen LogP contribution < -0.4 is 5.32 Å². The number of carbonyl (C=O) groups is 1. The Morgan fingerprint density at radius 3 is 2.17 bits per heavy atom. The van der Waals surface area contributed by atoms with E-state index in [1.807, 2.05) is 26.0 Å². The number of amides is 1. The fourth-order valence-electron chi connectivity index (χ4n) is 2.51. The summed E-state index contributed by atoms with van der Waals surface area (Å²) in [5.74, 6) is -0.290. The first-order valence-corrected chi connectivity index (χ1v) is 9.96. The van der Waals surface area contributed by atoms with E-state index in [0.29, 0.717) is 17.0 Å². The van der Waals surface area contributed by atoms with Crippen molar-refractivity contribution in [2.45, 2.75) is 31.6 Å². The second-order valence-corrected chi connectivity index (χ2v) is 7.94. The summed E-state index contributed by atoms with van der Waals surface area (Å²) in [6, 6.07) is 9.63. The third kappa shape index (κ3) is 3.97. The van der Waals surface area contributed by atoms with Gasteiger partial charge in [0.05, 0.1) is 4.90 Å². The highest BCUT2D eigenvalue weighted by Crippen LogP contribution is 2.30. The van der Waals surface area contributed by atoms with Gasteiger partial charge in [-0.2, -0.15) is 0 Å². The average Bonchev–Trinajstić information content (AvgIpc) is 2.54. The van der Waals surface area contributed by atoms with Crippen LogP contribution in [-0.4, -0.2) is 20.6 Å². The van der Waals surface area contributed by atoms with Crippen LogP contribution in [0.15, 0.2) is 41.3 Å². The Kier molecular flexibility index (Phi) is 5.67. The van der Waals surface area contributed by atoms with Crippen molar-refractivity contribution in [2.75, 3.05) is 11.6 Å². The number of sulfone groups is 1. The van der Waals surface area contributed by atoms with E-state index in [4.69, 9.17) is 11.6 Å². The number of rotatable bonds is 5. The third-order valence-electron chi connectivity index (χ3n) is 3.86. The highest BCUT2D eigenvalue weighted by Gasteiger charge is 2.15. The molecule has 4 nitrogen and oxygen atoms in total. The molecule has 1 N–H and O–H groups in total. The fraction of sp³-hybridized carbons (Fsp3) is 0.278. The Morgan fingerprint density at radius 1 is 1.04 bits per heavy atom. The van der Waals surface area contributed by atoms with Crippen LogP contribution in [0.1, 0.15) is 35.3 Å². The minimum atomic E-state index is -3.28. The lowest BCUT2D eigenvalue weighted by molar-refractivity contribution is 0.102. The molecule has 0 spiro atoms. The van der Waals surface area contributed by atoms with E-state index < -0.39 is 9.84 Å². The lowest BCUT2D eigenvalue weighted by Crippen LogP contribution is -2.15. The van der Waals surface area contributed by atoms with Gasteiger partial charge in [0.15, 0.2) is 9.84 Å². The van der Waals surface area contributed by atoms with Crippen LogP contribution in [0.4, 0.5) is 5.69 Å². The smallest absolute Gasteiger partial charge is 0.255 e. The Hall–Kier alpha value is -1.85. The molecule has 6 heteroatoms. The highest BCUT2D eigenvalue weighted by atomic mass is 35.5. The van der Waals surface area contributed by atoms with Crippen LogP contribution >= 0.6 is 11.6 Å². The Morgan fingerprint density at radius 2 is 1.67 bits per heavy atom. The quantitative estimate of drug-likeness (QED) is 0.866. The van der Waals surface area contributed by atoms with E-state index in [2.05, 4.69) is 5.32 Å². The molecule has 128 valence electrons. The minimum absolute atomic E-state index is 0.185. The zero-order valence-corrected chi connectivity index (χ0v) is 15.5. The van der Waals surface area contributed by atoms with Crippen molar-refractivity contribution in [2.24, 2.45) is 0 Å². The zero-order chi connectivity index (χ0) is 17.9. The summed E-state index contributed by atoms with van der Waals surface area (Å²) >= 11 is 6.24. The fourth-order valence-corrected chi connectivity index (χ4v) is 3.43. The molecular formula is C18H20ClNO3S. The molecule has 0 unspecified atom stereocenters. The number of carbonyl (C=O) groups excluding carboxylic acids is 1. The number of benzene rings is 2. The Bertz CT molecular complexity index is 859. The van der Waals surface area contributed by atoms with Gasteiger partial charge in [0, 0.05) is 22.5 Å². The van der Waals surface area contributed by atoms with E-state index in [9.17, 15) is 13.2 Å². The van der Waals surface area contributed by atoms with E-state index in [1.165, 1.54) is 24.3 Å². The molecule has 2 aromatic rings. The number of hydrogen-bond donors (Lipinski definition) is 1. The molecule has 0 aliphatic rings. The van der Waals surface area contributed by atoms with Gasteiger partial charge in [-0.3, -0.25) is 4.79 Å². The van der Waals surface area contributed by atoms with Crippen molar-refractivity contribution >= 4 is 33.0 Å². The molecule has 0 heterocycles. The Balaban J connectivity index is 2.35. The molecule has 0 fully saturated rings. The van der Waals surface area contributed by atoms with Crippen molar-refractivity contribution in [3.8, 4) is 0 Å². The molecule has 0 atom stereocenters. The van der Waals surface area contributed by atoms with Gasteiger partial charge in [-0.1, -0.05) is 31.5 Å². The molecule has 2 aromatic carbocycles. The predicted molar refractivity (Wildman–Crippen MR) is 97.7 cm³/mol. The van der Waals surface area contributed by atoms with Crippen molar-refractivity contribution in [3.63, 3.8) is 0 Å². The maximum atomic E-state index is 12.5. The lowest BCUT2D eigenvalue weighted by Gasteiger charge is -2.16. The van der Waals surface area contributed by atoms with Gasteiger partial charge in [0.1, 0.15) is 0 Å². The van der Waals surface area contributed by atoms with Crippen LogP contribution in [0.25, 0.3) is 0 Å². The molecular weight excluding hydrogens is 346 g/mol. The summed E-state index contributed by atoms with van der Waals surface area (Å²) in [6.07, 6.45) is 2.61. The Labute approximate surface area is 147 Å². The van der Waals surface area contributed by atoms with Crippen LogP contribution in [0, 0.1) is 0 Å². The van der Waals surface area contributed by atoms with E-state index in [-0.39, 0.29) is 10.8 Å². The molecule has 2 rings (SSSR count). The van der Waals surface area contributed by atoms with Crippen LogP contribution in [0.5, 0.6) is 0 Å². The van der Waals surface area contributed by atoms with Gasteiger partial charge in [0.2, 0.25) is 0 Å². The highest BCUT2D eigenvalue weighted by molar-refractivity contribution is 7.90. The summed E-state index contributed by atoms with van der Waals surface area (Å²) < 4.78 is 23.0. The van der Waals surface area contributed by atoms with Crippen molar-refractivity contribution in [3.05, 3.63) is 58.1 Å². The monoisotopic (exact) mass is 365 g/mol. The summed E-state index contributed by atoms with van der Waals surface area (Å²) in [4.78, 5) is 12.7. The molecule has 0 bridgehead atoms. The zero-order valence-electron chi connectivity index (χ0n) is 13.9. The number of hydrogen-bond acceptors (Lipinski definition) is 3. The van der Waals surface area contributed by atoms with Crippen LogP contribution in [0.3, 0.4) is 0 Å². The van der Waals surface area contributed by atoms with E-state index in [0.717, 1.165) is 29.5 Å². The van der Waals surface area contributed by atoms with E-state index in [1.54, 1.807) is 0 Å². The summed E-state index contributed by atoms with van der Waals surface area (Å²) in [7, 11) is -3.28. The topological polar surface area (TPSA) is 63.2 Å². The van der Waals surface area contributed by atoms with Gasteiger partial charge in [-0.05, 0) is 54.3 Å². The van der Waals surface area contributed by atoms with Gasteiger partial charge >= 0.3 is 0 Å². The molecule has 0 saturated carbocycles. The molecule has 0 aliphatic carbocycles. The molecule has 0 aliphatic heterocycles. The maximum Gasteiger partial charge on any atom is 0.255 e. The van der Waals surface area contributed by atoms with Gasteiger partial charge < -0.3 is 5.32 Å². The van der Waals surface area contributed by atoms with Gasteiger partial charge in [-0.25, -0.2) is 8.42 Å². The molecule has 0 aromatic heterocycles. The standard InChI is InChI=1S/C18H20ClNO3S/c1-4-12-8-11-16(19)15(5-2)17(12)20-18(21)13-6-9-14(10-7-13)24(3,22)23/h6-11H,4-5H2,1-3H3,(H,20,21). The number of nitrogens with one attached hydrogen (secondary N) is 1. The number of aryl methyl sites for hydroxylation is 1. The number of halogens is 1. The van der Waals surface area contributed by atoms with Crippen molar-refractivity contribution in [1.29, 1.82) is 0 Å². The normalized spacial score (nSPS) is 11.3. The van der Waals surface area contributed by atoms with E-state index >= 15 is 0 Å². The molecule has 0 saturated heterocycles. The first kappa shape index (κ1) is 18.5.